The number of pyridine rings is 1. The molecule has 0 unspecified atom stereocenters. The van der Waals surface area contributed by atoms with E-state index in [0.717, 1.165) is 0 Å². The van der Waals surface area contributed by atoms with Gasteiger partial charge in [-0.15, -0.1) is 0 Å². The molecule has 2 fully saturated rings. The Morgan fingerprint density at radius 1 is 1.34 bits per heavy atom. The minimum Gasteiger partial charge on any atom is -0.477 e. The second-order valence-corrected chi connectivity index (χ2v) is 7.72. The fourth-order valence-corrected chi connectivity index (χ4v) is 3.79. The van der Waals surface area contributed by atoms with E-state index in [9.17, 15) is 18.0 Å². The summed E-state index contributed by atoms with van der Waals surface area (Å²) in [6.45, 7) is 6.56. The van der Waals surface area contributed by atoms with Crippen LogP contribution in [0.2, 0.25) is 0 Å². The molecule has 1 N–H and O–H groups in total. The van der Waals surface area contributed by atoms with Gasteiger partial charge < -0.3 is 24.0 Å². The minimum atomic E-state index is -5.08. The Bertz CT molecular complexity index is 946. The number of rotatable bonds is 4. The number of ether oxygens (including phenoxy) is 2. The molecular formula is C20H22F3N3O6. The summed E-state index contributed by atoms with van der Waals surface area (Å²) in [7, 11) is 0. The highest BCUT2D eigenvalue weighted by molar-refractivity contribution is 5.96. The molecule has 2 aliphatic rings. The van der Waals surface area contributed by atoms with Crippen LogP contribution in [0.15, 0.2) is 28.9 Å². The number of alkyl halides is 3. The number of halogens is 3. The van der Waals surface area contributed by atoms with E-state index in [2.05, 4.69) is 10.1 Å². The van der Waals surface area contributed by atoms with Crippen LogP contribution >= 0.6 is 0 Å². The van der Waals surface area contributed by atoms with Crippen molar-refractivity contribution in [2.45, 2.75) is 20.0 Å². The van der Waals surface area contributed by atoms with Gasteiger partial charge in [0.15, 0.2) is 0 Å². The van der Waals surface area contributed by atoms with Gasteiger partial charge >= 0.3 is 12.1 Å². The molecule has 4 rings (SSSR count). The summed E-state index contributed by atoms with van der Waals surface area (Å²) in [5.74, 6) is -1.36. The summed E-state index contributed by atoms with van der Waals surface area (Å²) in [5, 5.41) is 11.0. The van der Waals surface area contributed by atoms with Crippen molar-refractivity contribution >= 4 is 11.9 Å². The predicted octanol–water partition coefficient (Wildman–Crippen LogP) is 2.49. The first kappa shape index (κ1) is 23.5. The van der Waals surface area contributed by atoms with E-state index in [1.165, 1.54) is 0 Å². The van der Waals surface area contributed by atoms with E-state index in [0.29, 0.717) is 55.8 Å². The van der Waals surface area contributed by atoms with Crippen molar-refractivity contribution in [3.8, 4) is 5.88 Å². The highest BCUT2D eigenvalue weighted by Gasteiger charge is 2.53. The standard InChI is InChI=1S/C18H21N3O4.C2HF3O2/c1-12-16(13(2)25-20-12)17(22)21-7-14-8-23-10-18(14,9-21)11-24-15-5-3-4-6-19-15;3-2(4,5)1(6)7/h3-6,14H,7-11H2,1-2H3;(H,6,7)/t14-,18+;/m1./s1. The third kappa shape index (κ3) is 5.01. The topological polar surface area (TPSA) is 115 Å². The number of aryl methyl sites for hydroxylation is 2. The number of hydrogen-bond acceptors (Lipinski definition) is 7. The second kappa shape index (κ2) is 9.15. The average Bonchev–Trinajstić information content (AvgIpc) is 3.39. The molecule has 2 atom stereocenters. The molecule has 9 nitrogen and oxygen atoms in total. The molecule has 2 aromatic heterocycles. The fourth-order valence-electron chi connectivity index (χ4n) is 3.79. The van der Waals surface area contributed by atoms with Crippen LogP contribution in [0.5, 0.6) is 5.88 Å². The molecule has 0 radical (unpaired) electrons. The Kier molecular flexibility index (Phi) is 6.72. The SMILES string of the molecule is Cc1noc(C)c1C(=O)N1C[C@@H]2COC[C@]2(COc2ccccn2)C1.O=C(O)C(F)(F)F. The molecule has 0 aliphatic carbocycles. The van der Waals surface area contributed by atoms with E-state index in [-0.39, 0.29) is 17.2 Å². The number of aromatic nitrogens is 2. The smallest absolute Gasteiger partial charge is 0.477 e. The maximum Gasteiger partial charge on any atom is 0.490 e. The van der Waals surface area contributed by atoms with Crippen molar-refractivity contribution in [2.24, 2.45) is 11.3 Å². The summed E-state index contributed by atoms with van der Waals surface area (Å²) in [5.41, 5.74) is 1.02. The van der Waals surface area contributed by atoms with Crippen molar-refractivity contribution < 1.29 is 41.9 Å². The third-order valence-corrected chi connectivity index (χ3v) is 5.44. The van der Waals surface area contributed by atoms with Crippen molar-refractivity contribution in [3.63, 3.8) is 0 Å². The van der Waals surface area contributed by atoms with Crippen molar-refractivity contribution in [2.75, 3.05) is 32.9 Å². The van der Waals surface area contributed by atoms with Crippen LogP contribution in [0.1, 0.15) is 21.8 Å². The molecule has 0 bridgehead atoms. The minimum absolute atomic E-state index is 0.0251. The molecule has 2 aliphatic heterocycles. The number of likely N-dealkylation sites (tertiary alicyclic amines) is 1. The van der Waals surface area contributed by atoms with Gasteiger partial charge in [0.25, 0.3) is 5.91 Å². The Balaban J connectivity index is 0.000000360. The zero-order valence-corrected chi connectivity index (χ0v) is 17.4. The van der Waals surface area contributed by atoms with E-state index >= 15 is 0 Å². The first-order chi connectivity index (χ1) is 15.0. The molecule has 174 valence electrons. The monoisotopic (exact) mass is 457 g/mol. The van der Waals surface area contributed by atoms with Gasteiger partial charge in [-0.25, -0.2) is 9.78 Å². The van der Waals surface area contributed by atoms with Crippen LogP contribution < -0.4 is 4.74 Å². The van der Waals surface area contributed by atoms with Gasteiger partial charge in [-0.3, -0.25) is 4.79 Å². The zero-order valence-electron chi connectivity index (χ0n) is 17.4. The number of hydrogen-bond donors (Lipinski definition) is 1. The lowest BCUT2D eigenvalue weighted by molar-refractivity contribution is -0.192. The van der Waals surface area contributed by atoms with Gasteiger partial charge in [0.05, 0.1) is 30.9 Å². The number of amides is 1. The number of fused-ring (bicyclic) bond motifs is 1. The van der Waals surface area contributed by atoms with Gasteiger partial charge in [-0.2, -0.15) is 13.2 Å². The maximum absolute atomic E-state index is 12.9. The number of nitrogens with zero attached hydrogens (tertiary/aromatic N) is 3. The molecule has 32 heavy (non-hydrogen) atoms. The maximum atomic E-state index is 12.9. The third-order valence-electron chi connectivity index (χ3n) is 5.44. The zero-order chi connectivity index (χ0) is 23.5. The van der Waals surface area contributed by atoms with Gasteiger partial charge in [0, 0.05) is 31.3 Å². The average molecular weight is 457 g/mol. The predicted molar refractivity (Wildman–Crippen MR) is 102 cm³/mol. The van der Waals surface area contributed by atoms with Crippen molar-refractivity contribution in [1.82, 2.24) is 15.0 Å². The van der Waals surface area contributed by atoms with Gasteiger partial charge in [-0.05, 0) is 19.9 Å². The first-order valence-electron chi connectivity index (χ1n) is 9.67. The Labute approximate surface area is 181 Å². The lowest BCUT2D eigenvalue weighted by Crippen LogP contribution is -2.38. The molecule has 4 heterocycles. The normalized spacial score (nSPS) is 22.2. The van der Waals surface area contributed by atoms with Gasteiger partial charge in [0.1, 0.15) is 11.3 Å². The Morgan fingerprint density at radius 2 is 2.06 bits per heavy atom. The van der Waals surface area contributed by atoms with Crippen LogP contribution in [-0.4, -0.2) is 71.1 Å². The summed E-state index contributed by atoms with van der Waals surface area (Å²) in [6.07, 6.45) is -3.38. The number of carbonyl (C=O) groups excluding carboxylic acids is 1. The lowest BCUT2D eigenvalue weighted by atomic mass is 9.82. The van der Waals surface area contributed by atoms with Gasteiger partial charge in [0.2, 0.25) is 5.88 Å². The Morgan fingerprint density at radius 3 is 2.62 bits per heavy atom. The molecule has 0 spiro atoms. The van der Waals surface area contributed by atoms with Crippen molar-refractivity contribution in [3.05, 3.63) is 41.4 Å². The number of carbonyl (C=O) groups is 2. The fraction of sp³-hybridized carbons (Fsp3) is 0.500. The number of carboxylic acid groups (broad SMARTS) is 1. The number of carboxylic acids is 1. The second-order valence-electron chi connectivity index (χ2n) is 7.72. The van der Waals surface area contributed by atoms with Crippen LogP contribution in [0.3, 0.4) is 0 Å². The van der Waals surface area contributed by atoms with Crippen LogP contribution in [0.25, 0.3) is 0 Å². The summed E-state index contributed by atoms with van der Waals surface area (Å²) >= 11 is 0. The van der Waals surface area contributed by atoms with Crippen LogP contribution in [-0.2, 0) is 9.53 Å². The molecule has 2 saturated heterocycles. The van der Waals surface area contributed by atoms with Gasteiger partial charge in [-0.1, -0.05) is 11.2 Å². The van der Waals surface area contributed by atoms with Crippen molar-refractivity contribution in [1.29, 1.82) is 0 Å². The molecular weight excluding hydrogens is 435 g/mol. The molecule has 2 aromatic rings. The highest BCUT2D eigenvalue weighted by atomic mass is 19.4. The largest absolute Gasteiger partial charge is 0.490 e. The molecule has 0 aromatic carbocycles. The van der Waals surface area contributed by atoms with E-state index < -0.39 is 12.1 Å². The van der Waals surface area contributed by atoms with Crippen LogP contribution in [0.4, 0.5) is 13.2 Å². The highest BCUT2D eigenvalue weighted by Crippen LogP contribution is 2.42. The first-order valence-corrected chi connectivity index (χ1v) is 9.67. The number of aliphatic carboxylic acids is 1. The summed E-state index contributed by atoms with van der Waals surface area (Å²) in [4.78, 5) is 27.9. The molecule has 12 heteroatoms. The molecule has 1 amide bonds. The Hall–Kier alpha value is -3.15. The lowest BCUT2D eigenvalue weighted by Gasteiger charge is -2.26. The summed E-state index contributed by atoms with van der Waals surface area (Å²) in [6, 6.07) is 5.58. The summed E-state index contributed by atoms with van der Waals surface area (Å²) < 4.78 is 48.5. The van der Waals surface area contributed by atoms with E-state index in [1.54, 1.807) is 20.0 Å². The van der Waals surface area contributed by atoms with E-state index in [4.69, 9.17) is 23.9 Å². The van der Waals surface area contributed by atoms with Crippen LogP contribution in [0, 0.1) is 25.2 Å². The quantitative estimate of drug-likeness (QED) is 0.745. The molecule has 0 saturated carbocycles. The van der Waals surface area contributed by atoms with E-state index in [1.807, 2.05) is 23.1 Å².